The minimum Gasteiger partial charge on any atom is -0.394 e. The third-order valence-electron chi connectivity index (χ3n) is 13.7. The molecule has 2 rings (SSSR count). The maximum Gasteiger partial charge on any atom is 0.220 e. The highest BCUT2D eigenvalue weighted by Gasteiger charge is 2.51. The summed E-state index contributed by atoms with van der Waals surface area (Å²) in [5.41, 5.74) is 0. The molecule has 0 aromatic carbocycles. The fraction of sp³-hybridized carbons (Fsp3) is 0.810. The molecule has 12 unspecified atom stereocenters. The zero-order valence-electron chi connectivity index (χ0n) is 44.7. The van der Waals surface area contributed by atoms with Crippen molar-refractivity contribution in [1.82, 2.24) is 5.32 Å². The SMILES string of the molecule is CC/C=C\C/C=C\C/C=C\C/C=C\C/C=C\CCCCCCCCCCCCCCCCCCCCCC(=O)NC(COC1OC(CO)C(OC2OC(CO)C(O)C(O)C2O)C(O)C1O)C(O)CCCCC. The van der Waals surface area contributed by atoms with E-state index in [9.17, 15) is 45.6 Å². The summed E-state index contributed by atoms with van der Waals surface area (Å²) in [5.74, 6) is -0.219. The van der Waals surface area contributed by atoms with Gasteiger partial charge in [0.15, 0.2) is 12.6 Å². The van der Waals surface area contributed by atoms with E-state index >= 15 is 0 Å². The van der Waals surface area contributed by atoms with Crippen LogP contribution in [0.15, 0.2) is 60.8 Å². The summed E-state index contributed by atoms with van der Waals surface area (Å²) in [6, 6.07) is -0.824. The Labute approximate surface area is 435 Å². The Morgan fingerprint density at radius 2 is 0.958 bits per heavy atom. The normalized spacial score (nSPS) is 26.0. The van der Waals surface area contributed by atoms with Crippen molar-refractivity contribution in [2.24, 2.45) is 0 Å². The van der Waals surface area contributed by atoms with Gasteiger partial charge in [-0.15, -0.1) is 0 Å². The van der Waals surface area contributed by atoms with Gasteiger partial charge in [-0.25, -0.2) is 0 Å². The van der Waals surface area contributed by atoms with Crippen LogP contribution in [0.5, 0.6) is 0 Å². The highest BCUT2D eigenvalue weighted by molar-refractivity contribution is 5.76. The van der Waals surface area contributed by atoms with Crippen LogP contribution in [0.2, 0.25) is 0 Å². The van der Waals surface area contributed by atoms with Gasteiger partial charge in [0.25, 0.3) is 0 Å². The van der Waals surface area contributed by atoms with E-state index in [1.54, 1.807) is 0 Å². The van der Waals surface area contributed by atoms with Crippen molar-refractivity contribution >= 4 is 5.91 Å². The molecule has 2 heterocycles. The lowest BCUT2D eigenvalue weighted by Crippen LogP contribution is -2.65. The number of nitrogens with one attached hydrogen (secondary N) is 1. The van der Waals surface area contributed by atoms with Crippen LogP contribution < -0.4 is 5.32 Å². The van der Waals surface area contributed by atoms with E-state index in [0.29, 0.717) is 12.8 Å². The number of rotatable bonds is 44. The van der Waals surface area contributed by atoms with Gasteiger partial charge in [0.1, 0.15) is 48.8 Å². The Bertz CT molecular complexity index is 1440. The van der Waals surface area contributed by atoms with E-state index in [1.165, 1.54) is 103 Å². The number of hydrogen-bond donors (Lipinski definition) is 9. The predicted octanol–water partition coefficient (Wildman–Crippen LogP) is 9.00. The molecule has 2 fully saturated rings. The van der Waals surface area contributed by atoms with Gasteiger partial charge in [-0.1, -0.05) is 203 Å². The number of amides is 1. The Morgan fingerprint density at radius 1 is 0.514 bits per heavy atom. The molecule has 2 aliphatic heterocycles. The highest BCUT2D eigenvalue weighted by Crippen LogP contribution is 2.30. The molecule has 0 spiro atoms. The molecule has 0 aromatic rings. The lowest BCUT2D eigenvalue weighted by Gasteiger charge is -2.46. The molecule has 0 aliphatic carbocycles. The van der Waals surface area contributed by atoms with Crippen molar-refractivity contribution in [3.63, 3.8) is 0 Å². The highest BCUT2D eigenvalue weighted by atomic mass is 16.7. The number of ether oxygens (including phenoxy) is 4. The molecule has 14 heteroatoms. The molecule has 72 heavy (non-hydrogen) atoms. The van der Waals surface area contributed by atoms with Gasteiger partial charge in [0.2, 0.25) is 5.91 Å². The number of carbonyl (C=O) groups is 1. The van der Waals surface area contributed by atoms with Gasteiger partial charge >= 0.3 is 0 Å². The minimum absolute atomic E-state index is 0.219. The Hall–Kier alpha value is -2.31. The van der Waals surface area contributed by atoms with Crippen molar-refractivity contribution < 1.29 is 64.6 Å². The molecule has 1 amide bonds. The molecular formula is C58H103NO13. The topological polar surface area (TPSA) is 228 Å². The van der Waals surface area contributed by atoms with Gasteiger partial charge in [0, 0.05) is 6.42 Å². The monoisotopic (exact) mass is 1020 g/mol. The number of unbranched alkanes of at least 4 members (excludes halogenated alkanes) is 21. The lowest BCUT2D eigenvalue weighted by molar-refractivity contribution is -0.359. The maximum absolute atomic E-state index is 13.0. The van der Waals surface area contributed by atoms with Crippen molar-refractivity contribution in [1.29, 1.82) is 0 Å². The quantitative estimate of drug-likeness (QED) is 0.0205. The van der Waals surface area contributed by atoms with E-state index in [1.807, 2.05) is 0 Å². The first-order chi connectivity index (χ1) is 35.1. The Kier molecular flexibility index (Phi) is 40.1. The third-order valence-corrected chi connectivity index (χ3v) is 13.7. The molecule has 9 N–H and O–H groups in total. The van der Waals surface area contributed by atoms with Crippen LogP contribution in [-0.2, 0) is 23.7 Å². The fourth-order valence-corrected chi connectivity index (χ4v) is 9.15. The van der Waals surface area contributed by atoms with Crippen LogP contribution in [0, 0.1) is 0 Å². The van der Waals surface area contributed by atoms with Crippen molar-refractivity contribution in [2.45, 2.75) is 280 Å². The van der Waals surface area contributed by atoms with Crippen LogP contribution >= 0.6 is 0 Å². The average Bonchev–Trinajstić information content (AvgIpc) is 3.38. The smallest absolute Gasteiger partial charge is 0.220 e. The summed E-state index contributed by atoms with van der Waals surface area (Å²) in [7, 11) is 0. The Balaban J connectivity index is 1.48. The van der Waals surface area contributed by atoms with E-state index in [2.05, 4.69) is 79.9 Å². The molecule has 418 valence electrons. The summed E-state index contributed by atoms with van der Waals surface area (Å²) in [6.45, 7) is 2.56. The summed E-state index contributed by atoms with van der Waals surface area (Å²) < 4.78 is 22.6. The van der Waals surface area contributed by atoms with E-state index in [0.717, 1.165) is 77.0 Å². The molecule has 0 saturated carbocycles. The van der Waals surface area contributed by atoms with Crippen LogP contribution in [0.1, 0.15) is 206 Å². The van der Waals surface area contributed by atoms with Crippen molar-refractivity contribution in [3.8, 4) is 0 Å². The second-order valence-corrected chi connectivity index (χ2v) is 20.0. The first-order valence-electron chi connectivity index (χ1n) is 28.5. The standard InChI is InChI=1S/C58H103NO13/c1-3-5-7-8-9-10-11-12-13-14-15-16-17-18-19-20-21-22-23-24-25-26-27-28-29-30-31-32-33-34-35-36-37-38-40-42-50(63)59-46(47(62)41-39-6-4-2)45-69-57-55(68)53(66)56(49(44-61)71-57)72-58-54(67)52(65)51(64)48(43-60)70-58/h5,7,9-10,12-13,15-16,18-19,46-49,51-58,60-62,64-68H,3-4,6,8,11,14,17,20-45H2,1-2H3,(H,59,63)/b7-5-,10-9-,13-12-,16-15-,19-18-. The molecule has 14 nitrogen and oxygen atoms in total. The summed E-state index contributed by atoms with van der Waals surface area (Å²) in [5, 5.41) is 86.1. The summed E-state index contributed by atoms with van der Waals surface area (Å²) in [4.78, 5) is 13.0. The second kappa shape index (κ2) is 43.9. The van der Waals surface area contributed by atoms with Gasteiger partial charge in [0.05, 0.1) is 32.0 Å². The van der Waals surface area contributed by atoms with E-state index in [-0.39, 0.29) is 12.5 Å². The largest absolute Gasteiger partial charge is 0.394 e. The number of allylic oxidation sites excluding steroid dienone is 10. The van der Waals surface area contributed by atoms with Crippen molar-refractivity contribution in [3.05, 3.63) is 60.8 Å². The molecule has 12 atom stereocenters. The number of aliphatic hydroxyl groups is 8. The van der Waals surface area contributed by atoms with Crippen LogP contribution in [0.25, 0.3) is 0 Å². The van der Waals surface area contributed by atoms with E-state index in [4.69, 9.17) is 18.9 Å². The molecule has 2 saturated heterocycles. The Morgan fingerprint density at radius 3 is 1.44 bits per heavy atom. The lowest BCUT2D eigenvalue weighted by atomic mass is 9.97. The number of hydrogen-bond acceptors (Lipinski definition) is 13. The van der Waals surface area contributed by atoms with Gasteiger partial charge in [-0.3, -0.25) is 4.79 Å². The van der Waals surface area contributed by atoms with Gasteiger partial charge < -0.3 is 65.1 Å². The van der Waals surface area contributed by atoms with Crippen LogP contribution in [-0.4, -0.2) is 140 Å². The average molecular weight is 1020 g/mol. The summed E-state index contributed by atoms with van der Waals surface area (Å²) >= 11 is 0. The maximum atomic E-state index is 13.0. The second-order valence-electron chi connectivity index (χ2n) is 20.0. The zero-order valence-corrected chi connectivity index (χ0v) is 44.7. The molecule has 0 bridgehead atoms. The van der Waals surface area contributed by atoms with E-state index < -0.39 is 86.8 Å². The molecular weight excluding hydrogens is 919 g/mol. The zero-order chi connectivity index (χ0) is 52.4. The number of aliphatic hydroxyl groups excluding tert-OH is 8. The predicted molar refractivity (Wildman–Crippen MR) is 286 cm³/mol. The van der Waals surface area contributed by atoms with Gasteiger partial charge in [-0.05, 0) is 57.8 Å². The van der Waals surface area contributed by atoms with Crippen LogP contribution in [0.3, 0.4) is 0 Å². The van der Waals surface area contributed by atoms with Crippen LogP contribution in [0.4, 0.5) is 0 Å². The van der Waals surface area contributed by atoms with Crippen molar-refractivity contribution in [2.75, 3.05) is 19.8 Å². The minimum atomic E-state index is -1.78. The molecule has 0 aromatic heterocycles. The summed E-state index contributed by atoms with van der Waals surface area (Å²) in [6.07, 6.45) is 39.4. The first-order valence-corrected chi connectivity index (χ1v) is 28.5. The third kappa shape index (κ3) is 29.7. The molecule has 0 radical (unpaired) electrons. The molecule has 2 aliphatic rings. The first kappa shape index (κ1) is 65.8. The number of carbonyl (C=O) groups excluding carboxylic acids is 1. The van der Waals surface area contributed by atoms with Gasteiger partial charge in [-0.2, -0.15) is 0 Å². The fourth-order valence-electron chi connectivity index (χ4n) is 9.15.